The van der Waals surface area contributed by atoms with Gasteiger partial charge in [-0.3, -0.25) is 10.1 Å². The van der Waals surface area contributed by atoms with Gasteiger partial charge in [0, 0.05) is 22.8 Å². The molecular formula is C13H11BrN2O4. The summed E-state index contributed by atoms with van der Waals surface area (Å²) in [6.07, 6.45) is 1.44. The van der Waals surface area contributed by atoms with E-state index in [1.54, 1.807) is 24.3 Å². The largest absolute Gasteiger partial charge is 0.494 e. The van der Waals surface area contributed by atoms with Gasteiger partial charge in [-0.25, -0.2) is 4.98 Å². The molecule has 0 unspecified atom stereocenters. The SMILES string of the molecule is CCOc1cccc(Oc2ncc(Br)cc2[N+](=O)[O-])c1. The summed E-state index contributed by atoms with van der Waals surface area (Å²) in [5.74, 6) is 0.991. The molecule has 0 amide bonds. The Bertz CT molecular complexity index is 634. The second-order valence-corrected chi connectivity index (χ2v) is 4.66. The van der Waals surface area contributed by atoms with Crippen molar-refractivity contribution in [3.05, 3.63) is 51.1 Å². The van der Waals surface area contributed by atoms with Crippen LogP contribution in [0.1, 0.15) is 6.92 Å². The first kappa shape index (κ1) is 14.3. The van der Waals surface area contributed by atoms with Crippen molar-refractivity contribution in [2.24, 2.45) is 0 Å². The summed E-state index contributed by atoms with van der Waals surface area (Å²) in [6.45, 7) is 2.40. The highest BCUT2D eigenvalue weighted by atomic mass is 79.9. The van der Waals surface area contributed by atoms with Crippen LogP contribution in [-0.2, 0) is 0 Å². The van der Waals surface area contributed by atoms with Crippen LogP contribution in [0.15, 0.2) is 41.0 Å². The fraction of sp³-hybridized carbons (Fsp3) is 0.154. The first-order valence-electron chi connectivity index (χ1n) is 5.81. The second-order valence-electron chi connectivity index (χ2n) is 3.74. The van der Waals surface area contributed by atoms with Crippen molar-refractivity contribution in [2.75, 3.05) is 6.61 Å². The number of nitro groups is 1. The molecule has 1 heterocycles. The molecule has 0 bridgehead atoms. The van der Waals surface area contributed by atoms with Gasteiger partial charge in [0.25, 0.3) is 5.88 Å². The number of nitrogens with zero attached hydrogens (tertiary/aromatic N) is 2. The van der Waals surface area contributed by atoms with Crippen molar-refractivity contribution < 1.29 is 14.4 Å². The number of pyridine rings is 1. The third-order valence-corrected chi connectivity index (χ3v) is 2.76. The van der Waals surface area contributed by atoms with Crippen LogP contribution in [0.2, 0.25) is 0 Å². The summed E-state index contributed by atoms with van der Waals surface area (Å²) in [6, 6.07) is 8.19. The van der Waals surface area contributed by atoms with Crippen LogP contribution < -0.4 is 9.47 Å². The molecule has 0 aliphatic heterocycles. The van der Waals surface area contributed by atoms with Crippen LogP contribution in [0, 0.1) is 10.1 Å². The Morgan fingerprint density at radius 2 is 2.10 bits per heavy atom. The average Bonchev–Trinajstić information content (AvgIpc) is 2.41. The van der Waals surface area contributed by atoms with Crippen molar-refractivity contribution in [1.82, 2.24) is 4.98 Å². The number of hydrogen-bond donors (Lipinski definition) is 0. The highest BCUT2D eigenvalue weighted by Gasteiger charge is 2.18. The van der Waals surface area contributed by atoms with Crippen molar-refractivity contribution in [3.63, 3.8) is 0 Å². The molecule has 0 radical (unpaired) electrons. The summed E-state index contributed by atoms with van der Waals surface area (Å²) < 4.78 is 11.3. The number of aromatic nitrogens is 1. The zero-order chi connectivity index (χ0) is 14.5. The van der Waals surface area contributed by atoms with Crippen LogP contribution in [0.3, 0.4) is 0 Å². The van der Waals surface area contributed by atoms with Gasteiger partial charge >= 0.3 is 5.69 Å². The van der Waals surface area contributed by atoms with Crippen LogP contribution in [0.25, 0.3) is 0 Å². The van der Waals surface area contributed by atoms with E-state index in [4.69, 9.17) is 9.47 Å². The molecule has 0 fully saturated rings. The summed E-state index contributed by atoms with van der Waals surface area (Å²) in [5, 5.41) is 11.0. The molecule has 2 aromatic rings. The highest BCUT2D eigenvalue weighted by Crippen LogP contribution is 2.32. The van der Waals surface area contributed by atoms with Gasteiger partial charge in [-0.1, -0.05) is 6.07 Å². The van der Waals surface area contributed by atoms with Gasteiger partial charge in [-0.15, -0.1) is 0 Å². The quantitative estimate of drug-likeness (QED) is 0.609. The molecule has 20 heavy (non-hydrogen) atoms. The molecule has 0 saturated heterocycles. The minimum atomic E-state index is -0.542. The molecule has 0 N–H and O–H groups in total. The van der Waals surface area contributed by atoms with Gasteiger partial charge < -0.3 is 9.47 Å². The first-order valence-corrected chi connectivity index (χ1v) is 6.60. The number of halogens is 1. The summed E-state index contributed by atoms with van der Waals surface area (Å²) >= 11 is 3.14. The number of ether oxygens (including phenoxy) is 2. The smallest absolute Gasteiger partial charge is 0.332 e. The molecule has 2 rings (SSSR count). The summed E-state index contributed by atoms with van der Waals surface area (Å²) in [7, 11) is 0. The Labute approximate surface area is 123 Å². The molecule has 0 aliphatic carbocycles. The van der Waals surface area contributed by atoms with E-state index in [1.165, 1.54) is 12.3 Å². The van der Waals surface area contributed by atoms with E-state index in [1.807, 2.05) is 6.92 Å². The normalized spacial score (nSPS) is 10.1. The third-order valence-electron chi connectivity index (χ3n) is 2.33. The Hall–Kier alpha value is -2.15. The van der Waals surface area contributed by atoms with Gasteiger partial charge in [0.2, 0.25) is 0 Å². The minimum Gasteiger partial charge on any atom is -0.494 e. The fourth-order valence-electron chi connectivity index (χ4n) is 1.53. The van der Waals surface area contributed by atoms with Gasteiger partial charge in [0.15, 0.2) is 0 Å². The van der Waals surface area contributed by atoms with Crippen molar-refractivity contribution in [3.8, 4) is 17.4 Å². The molecule has 7 heteroatoms. The molecule has 1 aromatic heterocycles. The van der Waals surface area contributed by atoms with E-state index in [0.29, 0.717) is 22.6 Å². The lowest BCUT2D eigenvalue weighted by Crippen LogP contribution is -1.96. The monoisotopic (exact) mass is 338 g/mol. The van der Waals surface area contributed by atoms with Gasteiger partial charge in [0.1, 0.15) is 11.5 Å². The molecule has 6 nitrogen and oxygen atoms in total. The molecular weight excluding hydrogens is 328 g/mol. The van der Waals surface area contributed by atoms with E-state index < -0.39 is 4.92 Å². The predicted molar refractivity (Wildman–Crippen MR) is 76.3 cm³/mol. The highest BCUT2D eigenvalue weighted by molar-refractivity contribution is 9.10. The maximum atomic E-state index is 11.0. The lowest BCUT2D eigenvalue weighted by atomic mass is 10.3. The summed E-state index contributed by atoms with van der Waals surface area (Å²) in [4.78, 5) is 14.4. The third kappa shape index (κ3) is 3.45. The van der Waals surface area contributed by atoms with Crippen LogP contribution in [0.4, 0.5) is 5.69 Å². The topological polar surface area (TPSA) is 74.5 Å². The van der Waals surface area contributed by atoms with Crippen LogP contribution >= 0.6 is 15.9 Å². The Morgan fingerprint density at radius 3 is 2.80 bits per heavy atom. The van der Waals surface area contributed by atoms with Crippen molar-refractivity contribution in [1.29, 1.82) is 0 Å². The van der Waals surface area contributed by atoms with Gasteiger partial charge in [-0.05, 0) is 35.0 Å². The maximum Gasteiger partial charge on any atom is 0.332 e. The molecule has 0 aliphatic rings. The molecule has 0 atom stereocenters. The maximum absolute atomic E-state index is 11.0. The standard InChI is InChI=1S/C13H11BrN2O4/c1-2-19-10-4-3-5-11(7-10)20-13-12(16(17)18)6-9(14)8-15-13/h3-8H,2H2,1H3. The molecule has 0 spiro atoms. The Morgan fingerprint density at radius 1 is 1.35 bits per heavy atom. The number of rotatable bonds is 5. The minimum absolute atomic E-state index is 0.0631. The average molecular weight is 339 g/mol. The number of hydrogen-bond acceptors (Lipinski definition) is 5. The van der Waals surface area contributed by atoms with E-state index in [0.717, 1.165) is 0 Å². The van der Waals surface area contributed by atoms with Crippen molar-refractivity contribution in [2.45, 2.75) is 6.92 Å². The molecule has 1 aromatic carbocycles. The van der Waals surface area contributed by atoms with E-state index in [9.17, 15) is 10.1 Å². The zero-order valence-electron chi connectivity index (χ0n) is 10.6. The first-order chi connectivity index (χ1) is 9.60. The van der Waals surface area contributed by atoms with Gasteiger partial charge in [-0.2, -0.15) is 0 Å². The van der Waals surface area contributed by atoms with E-state index in [2.05, 4.69) is 20.9 Å². The van der Waals surface area contributed by atoms with Crippen LogP contribution in [0.5, 0.6) is 17.4 Å². The fourth-order valence-corrected chi connectivity index (χ4v) is 1.85. The van der Waals surface area contributed by atoms with E-state index >= 15 is 0 Å². The van der Waals surface area contributed by atoms with E-state index in [-0.39, 0.29) is 11.6 Å². The predicted octanol–water partition coefficient (Wildman–Crippen LogP) is 3.94. The Balaban J connectivity index is 2.30. The van der Waals surface area contributed by atoms with Crippen molar-refractivity contribution >= 4 is 21.6 Å². The second kappa shape index (κ2) is 6.33. The zero-order valence-corrected chi connectivity index (χ0v) is 12.2. The molecule has 104 valence electrons. The summed E-state index contributed by atoms with van der Waals surface area (Å²) in [5.41, 5.74) is -0.207. The lowest BCUT2D eigenvalue weighted by Gasteiger charge is -2.07. The van der Waals surface area contributed by atoms with Gasteiger partial charge in [0.05, 0.1) is 11.5 Å². The molecule has 0 saturated carbocycles. The Kier molecular flexibility index (Phi) is 4.52. The number of benzene rings is 1. The lowest BCUT2D eigenvalue weighted by molar-refractivity contribution is -0.386. The van der Waals surface area contributed by atoms with Crippen LogP contribution in [-0.4, -0.2) is 16.5 Å².